The molecule has 0 saturated carbocycles. The van der Waals surface area contributed by atoms with Crippen molar-refractivity contribution in [2.75, 3.05) is 0 Å². The molecule has 0 aliphatic heterocycles. The van der Waals surface area contributed by atoms with Gasteiger partial charge in [0.25, 0.3) is 0 Å². The van der Waals surface area contributed by atoms with Gasteiger partial charge in [0, 0.05) is 18.6 Å². The number of para-hydroxylation sites is 1. The molecule has 3 aromatic heterocycles. The van der Waals surface area contributed by atoms with Gasteiger partial charge in [-0.05, 0) is 38.1 Å². The highest BCUT2D eigenvalue weighted by atomic mass is 16.5. The standard InChI is InChI=1S/C21H21N3O2/c1-14(2)26-21(25)20-12-19-18(10-11-23(19)3)24(20)13-16-9-8-15-6-4-5-7-17(15)22-16/h4-12,14H,13H2,1-3H3. The SMILES string of the molecule is CC(C)OC(=O)c1cc2c(ccn2C)n1Cc1ccc2ccccc2n1. The molecule has 4 aromatic rings. The quantitative estimate of drug-likeness (QED) is 0.521. The number of hydrogen-bond acceptors (Lipinski definition) is 3. The molecule has 1 aromatic carbocycles. The smallest absolute Gasteiger partial charge is 0.355 e. The predicted molar refractivity (Wildman–Crippen MR) is 102 cm³/mol. The first-order valence-electron chi connectivity index (χ1n) is 8.73. The van der Waals surface area contributed by atoms with Gasteiger partial charge in [0.05, 0.1) is 34.9 Å². The fourth-order valence-corrected chi connectivity index (χ4v) is 3.24. The van der Waals surface area contributed by atoms with Gasteiger partial charge >= 0.3 is 5.97 Å². The van der Waals surface area contributed by atoms with Crippen molar-refractivity contribution in [1.82, 2.24) is 14.1 Å². The van der Waals surface area contributed by atoms with Crippen LogP contribution in [-0.4, -0.2) is 26.2 Å². The zero-order chi connectivity index (χ0) is 18.3. The number of fused-ring (bicyclic) bond motifs is 2. The van der Waals surface area contributed by atoms with Gasteiger partial charge in [0.15, 0.2) is 0 Å². The van der Waals surface area contributed by atoms with Gasteiger partial charge in [-0.15, -0.1) is 0 Å². The van der Waals surface area contributed by atoms with Crippen molar-refractivity contribution >= 4 is 27.9 Å². The van der Waals surface area contributed by atoms with Gasteiger partial charge in [0.2, 0.25) is 0 Å². The predicted octanol–water partition coefficient (Wildman–Crippen LogP) is 4.14. The van der Waals surface area contributed by atoms with E-state index in [0.29, 0.717) is 12.2 Å². The first-order valence-corrected chi connectivity index (χ1v) is 8.73. The molecule has 0 saturated heterocycles. The van der Waals surface area contributed by atoms with Crippen LogP contribution in [0.15, 0.2) is 54.7 Å². The van der Waals surface area contributed by atoms with Crippen LogP contribution in [0.3, 0.4) is 0 Å². The van der Waals surface area contributed by atoms with Gasteiger partial charge in [0.1, 0.15) is 5.69 Å². The number of ether oxygens (including phenoxy) is 1. The van der Waals surface area contributed by atoms with Crippen molar-refractivity contribution in [2.45, 2.75) is 26.5 Å². The van der Waals surface area contributed by atoms with Gasteiger partial charge in [-0.2, -0.15) is 0 Å². The molecule has 0 fully saturated rings. The summed E-state index contributed by atoms with van der Waals surface area (Å²) in [4.78, 5) is 17.3. The normalized spacial score (nSPS) is 11.5. The Balaban J connectivity index is 1.79. The number of aryl methyl sites for hydroxylation is 1. The highest BCUT2D eigenvalue weighted by Gasteiger charge is 2.20. The third-order valence-corrected chi connectivity index (χ3v) is 4.48. The lowest BCUT2D eigenvalue weighted by molar-refractivity contribution is 0.0366. The van der Waals surface area contributed by atoms with Gasteiger partial charge in [-0.1, -0.05) is 24.3 Å². The van der Waals surface area contributed by atoms with Crippen molar-refractivity contribution in [1.29, 1.82) is 0 Å². The average molecular weight is 347 g/mol. The van der Waals surface area contributed by atoms with Gasteiger partial charge in [-0.25, -0.2) is 4.79 Å². The molecule has 0 atom stereocenters. The first-order chi connectivity index (χ1) is 12.5. The minimum Gasteiger partial charge on any atom is -0.458 e. The second-order valence-corrected chi connectivity index (χ2v) is 6.76. The van der Waals surface area contributed by atoms with Crippen LogP contribution in [-0.2, 0) is 18.3 Å². The van der Waals surface area contributed by atoms with Gasteiger partial charge < -0.3 is 13.9 Å². The zero-order valence-electron chi connectivity index (χ0n) is 15.1. The van der Waals surface area contributed by atoms with E-state index in [1.807, 2.05) is 78.7 Å². The minimum atomic E-state index is -0.308. The Kier molecular flexibility index (Phi) is 3.99. The second-order valence-electron chi connectivity index (χ2n) is 6.76. The van der Waals surface area contributed by atoms with E-state index in [1.54, 1.807) is 0 Å². The maximum absolute atomic E-state index is 12.6. The van der Waals surface area contributed by atoms with E-state index < -0.39 is 0 Å². The first kappa shape index (κ1) is 16.4. The Bertz CT molecular complexity index is 1110. The fraction of sp³-hybridized carbons (Fsp3) is 0.238. The van der Waals surface area contributed by atoms with E-state index in [4.69, 9.17) is 9.72 Å². The molecular formula is C21H21N3O2. The summed E-state index contributed by atoms with van der Waals surface area (Å²) in [5, 5.41) is 1.10. The topological polar surface area (TPSA) is 49.0 Å². The zero-order valence-corrected chi connectivity index (χ0v) is 15.1. The summed E-state index contributed by atoms with van der Waals surface area (Å²) in [6, 6.07) is 16.0. The summed E-state index contributed by atoms with van der Waals surface area (Å²) in [7, 11) is 1.97. The molecule has 4 rings (SSSR count). The van der Waals surface area contributed by atoms with E-state index in [1.165, 1.54) is 0 Å². The molecule has 26 heavy (non-hydrogen) atoms. The lowest BCUT2D eigenvalue weighted by Crippen LogP contribution is -2.16. The summed E-state index contributed by atoms with van der Waals surface area (Å²) in [5.74, 6) is -0.308. The maximum Gasteiger partial charge on any atom is 0.355 e. The summed E-state index contributed by atoms with van der Waals surface area (Å²) < 4.78 is 9.42. The number of nitrogens with zero attached hydrogens (tertiary/aromatic N) is 3. The van der Waals surface area contributed by atoms with Crippen molar-refractivity contribution in [3.8, 4) is 0 Å². The Morgan fingerprint density at radius 3 is 2.73 bits per heavy atom. The van der Waals surface area contributed by atoms with Gasteiger partial charge in [-0.3, -0.25) is 4.98 Å². The molecule has 0 unspecified atom stereocenters. The van der Waals surface area contributed by atoms with Crippen molar-refractivity contribution in [2.24, 2.45) is 7.05 Å². The molecule has 0 amide bonds. The lowest BCUT2D eigenvalue weighted by Gasteiger charge is -2.12. The molecule has 132 valence electrons. The Morgan fingerprint density at radius 2 is 1.92 bits per heavy atom. The number of pyridine rings is 1. The number of aromatic nitrogens is 3. The van der Waals surface area contributed by atoms with Crippen molar-refractivity contribution in [3.05, 3.63) is 66.1 Å². The number of carbonyl (C=O) groups excluding carboxylic acids is 1. The molecule has 0 aliphatic rings. The number of hydrogen-bond donors (Lipinski definition) is 0. The molecule has 0 bridgehead atoms. The second kappa shape index (κ2) is 6.33. The molecule has 0 aliphatic carbocycles. The summed E-state index contributed by atoms with van der Waals surface area (Å²) in [5.41, 5.74) is 4.41. The molecular weight excluding hydrogens is 326 g/mol. The van der Waals surface area contributed by atoms with Crippen molar-refractivity contribution < 1.29 is 9.53 Å². The molecule has 0 radical (unpaired) electrons. The van der Waals surface area contributed by atoms with E-state index >= 15 is 0 Å². The number of carbonyl (C=O) groups is 1. The van der Waals surface area contributed by atoms with Crippen LogP contribution in [0.2, 0.25) is 0 Å². The summed E-state index contributed by atoms with van der Waals surface area (Å²) in [6.07, 6.45) is 1.83. The van der Waals surface area contributed by atoms with Crippen LogP contribution in [0.25, 0.3) is 21.9 Å². The van der Waals surface area contributed by atoms with Crippen LogP contribution in [0.5, 0.6) is 0 Å². The third kappa shape index (κ3) is 2.86. The van der Waals surface area contributed by atoms with Crippen LogP contribution < -0.4 is 0 Å². The molecule has 5 nitrogen and oxygen atoms in total. The highest BCUT2D eigenvalue weighted by Crippen LogP contribution is 2.23. The number of esters is 1. The lowest BCUT2D eigenvalue weighted by atomic mass is 10.2. The average Bonchev–Trinajstić information content (AvgIpc) is 3.15. The van der Waals surface area contributed by atoms with E-state index in [-0.39, 0.29) is 12.1 Å². The van der Waals surface area contributed by atoms with Crippen LogP contribution in [0.4, 0.5) is 0 Å². The molecule has 3 heterocycles. The minimum absolute atomic E-state index is 0.159. The van der Waals surface area contributed by atoms with Crippen molar-refractivity contribution in [3.63, 3.8) is 0 Å². The Morgan fingerprint density at radius 1 is 1.12 bits per heavy atom. The molecule has 5 heteroatoms. The summed E-state index contributed by atoms with van der Waals surface area (Å²) in [6.45, 7) is 4.23. The van der Waals surface area contributed by atoms with Crippen LogP contribution in [0.1, 0.15) is 30.0 Å². The fourth-order valence-electron chi connectivity index (χ4n) is 3.24. The molecule has 0 N–H and O–H groups in total. The monoisotopic (exact) mass is 347 g/mol. The van der Waals surface area contributed by atoms with E-state index in [9.17, 15) is 4.79 Å². The summed E-state index contributed by atoms with van der Waals surface area (Å²) >= 11 is 0. The number of rotatable bonds is 4. The van der Waals surface area contributed by atoms with E-state index in [2.05, 4.69) is 6.07 Å². The van der Waals surface area contributed by atoms with Crippen LogP contribution in [0, 0.1) is 0 Å². The maximum atomic E-state index is 12.6. The highest BCUT2D eigenvalue weighted by molar-refractivity contribution is 5.95. The molecule has 0 spiro atoms. The number of benzene rings is 1. The third-order valence-electron chi connectivity index (χ3n) is 4.48. The largest absolute Gasteiger partial charge is 0.458 e. The Labute approximate surface area is 151 Å². The van der Waals surface area contributed by atoms with E-state index in [0.717, 1.165) is 27.6 Å². The van der Waals surface area contributed by atoms with Crippen LogP contribution >= 0.6 is 0 Å². The Hall–Kier alpha value is -3.08.